The summed E-state index contributed by atoms with van der Waals surface area (Å²) in [4.78, 5) is 12.8. The maximum Gasteiger partial charge on any atom is 0.251 e. The molecule has 146 valence electrons. The molecule has 4 nitrogen and oxygen atoms in total. The van der Waals surface area contributed by atoms with Crippen molar-refractivity contribution in [3.05, 3.63) is 100 Å². The number of nitrogens with one attached hydrogen (secondary N) is 1. The van der Waals surface area contributed by atoms with Crippen LogP contribution in [-0.4, -0.2) is 15.7 Å². The van der Waals surface area contributed by atoms with Gasteiger partial charge in [0.1, 0.15) is 0 Å². The van der Waals surface area contributed by atoms with E-state index in [1.54, 1.807) is 0 Å². The molecular formula is C24H22ClN3O. The van der Waals surface area contributed by atoms with Crippen LogP contribution in [0.3, 0.4) is 0 Å². The first-order valence-corrected chi connectivity index (χ1v) is 9.95. The SMILES string of the molecule is Cc1ccc(C(C)NC(=O)c2ccc3cnn(Cc4ccc(Cl)cc4)c3c2)cc1. The van der Waals surface area contributed by atoms with Gasteiger partial charge in [-0.3, -0.25) is 9.48 Å². The maximum atomic E-state index is 12.8. The second-order valence-electron chi connectivity index (χ2n) is 7.31. The Morgan fingerprint density at radius 3 is 2.52 bits per heavy atom. The fraction of sp³-hybridized carbons (Fsp3) is 0.167. The summed E-state index contributed by atoms with van der Waals surface area (Å²) < 4.78 is 1.90. The van der Waals surface area contributed by atoms with E-state index >= 15 is 0 Å². The molecule has 0 fully saturated rings. The van der Waals surface area contributed by atoms with Crippen molar-refractivity contribution in [3.63, 3.8) is 0 Å². The third-order valence-corrected chi connectivity index (χ3v) is 5.33. The van der Waals surface area contributed by atoms with Crippen molar-refractivity contribution in [1.29, 1.82) is 0 Å². The van der Waals surface area contributed by atoms with Gasteiger partial charge in [-0.2, -0.15) is 5.10 Å². The van der Waals surface area contributed by atoms with E-state index in [0.29, 0.717) is 17.1 Å². The van der Waals surface area contributed by atoms with Crippen molar-refractivity contribution >= 4 is 28.4 Å². The second-order valence-corrected chi connectivity index (χ2v) is 7.74. The summed E-state index contributed by atoms with van der Waals surface area (Å²) in [5, 5.41) is 9.27. The second kappa shape index (κ2) is 8.10. The third-order valence-electron chi connectivity index (χ3n) is 5.08. The Morgan fingerprint density at radius 1 is 1.07 bits per heavy atom. The van der Waals surface area contributed by atoms with E-state index in [0.717, 1.165) is 22.0 Å². The molecule has 1 unspecified atom stereocenters. The van der Waals surface area contributed by atoms with Crippen LogP contribution in [-0.2, 0) is 6.54 Å². The van der Waals surface area contributed by atoms with E-state index in [4.69, 9.17) is 11.6 Å². The van der Waals surface area contributed by atoms with Gasteiger partial charge in [0.15, 0.2) is 0 Å². The smallest absolute Gasteiger partial charge is 0.251 e. The Balaban J connectivity index is 1.55. The molecule has 1 atom stereocenters. The minimum absolute atomic E-state index is 0.0715. The average Bonchev–Trinajstić information content (AvgIpc) is 3.12. The number of hydrogen-bond acceptors (Lipinski definition) is 2. The molecule has 0 aliphatic rings. The quantitative estimate of drug-likeness (QED) is 0.475. The predicted molar refractivity (Wildman–Crippen MR) is 117 cm³/mol. The molecule has 1 aromatic heterocycles. The number of aromatic nitrogens is 2. The van der Waals surface area contributed by atoms with Gasteiger partial charge >= 0.3 is 0 Å². The number of halogens is 1. The largest absolute Gasteiger partial charge is 0.346 e. The summed E-state index contributed by atoms with van der Waals surface area (Å²) >= 11 is 5.97. The molecule has 0 saturated heterocycles. The standard InChI is InChI=1S/C24H22ClN3O/c1-16-3-7-19(8-4-16)17(2)27-24(29)20-9-10-21-14-26-28(23(21)13-20)15-18-5-11-22(25)12-6-18/h3-14,17H,15H2,1-2H3,(H,27,29). The van der Waals surface area contributed by atoms with E-state index in [9.17, 15) is 4.79 Å². The fourth-order valence-corrected chi connectivity index (χ4v) is 3.44. The van der Waals surface area contributed by atoms with E-state index in [2.05, 4.69) is 29.5 Å². The van der Waals surface area contributed by atoms with Gasteiger partial charge < -0.3 is 5.32 Å². The van der Waals surface area contributed by atoms with Gasteiger partial charge in [0.25, 0.3) is 5.91 Å². The molecule has 0 spiro atoms. The zero-order chi connectivity index (χ0) is 20.4. The summed E-state index contributed by atoms with van der Waals surface area (Å²) in [5.41, 5.74) is 4.93. The molecule has 1 N–H and O–H groups in total. The molecule has 1 heterocycles. The Hall–Kier alpha value is -3.11. The van der Waals surface area contributed by atoms with Crippen molar-refractivity contribution in [2.75, 3.05) is 0 Å². The molecule has 4 aromatic rings. The summed E-state index contributed by atoms with van der Waals surface area (Å²) in [7, 11) is 0. The molecule has 0 aliphatic heterocycles. The van der Waals surface area contributed by atoms with E-state index in [1.165, 1.54) is 5.56 Å². The van der Waals surface area contributed by atoms with E-state index in [1.807, 2.05) is 72.4 Å². The third kappa shape index (κ3) is 4.33. The fourth-order valence-electron chi connectivity index (χ4n) is 3.32. The number of aryl methyl sites for hydroxylation is 1. The summed E-state index contributed by atoms with van der Waals surface area (Å²) in [6.07, 6.45) is 1.82. The molecule has 1 amide bonds. The highest BCUT2D eigenvalue weighted by Crippen LogP contribution is 2.19. The Bertz CT molecular complexity index is 1150. The van der Waals surface area contributed by atoms with Crippen molar-refractivity contribution in [2.45, 2.75) is 26.4 Å². The van der Waals surface area contributed by atoms with E-state index in [-0.39, 0.29) is 11.9 Å². The number of carbonyl (C=O) groups excluding carboxylic acids is 1. The molecule has 3 aromatic carbocycles. The molecule has 5 heteroatoms. The molecule has 0 aliphatic carbocycles. The molecule has 4 rings (SSSR count). The average molecular weight is 404 g/mol. The summed E-state index contributed by atoms with van der Waals surface area (Å²) in [6.45, 7) is 4.66. The Labute approximate surface area is 175 Å². The topological polar surface area (TPSA) is 46.9 Å². The van der Waals surface area contributed by atoms with Crippen LogP contribution in [0, 0.1) is 6.92 Å². The van der Waals surface area contributed by atoms with Gasteiger partial charge in [-0.05, 0) is 49.2 Å². The van der Waals surface area contributed by atoms with Crippen molar-refractivity contribution in [3.8, 4) is 0 Å². The summed E-state index contributed by atoms with van der Waals surface area (Å²) in [5.74, 6) is -0.0979. The maximum absolute atomic E-state index is 12.8. The van der Waals surface area contributed by atoms with Gasteiger partial charge in [-0.15, -0.1) is 0 Å². The lowest BCUT2D eigenvalue weighted by Crippen LogP contribution is -2.26. The number of fused-ring (bicyclic) bond motifs is 1. The van der Waals surface area contributed by atoms with Gasteiger partial charge in [0.05, 0.1) is 24.3 Å². The monoisotopic (exact) mass is 403 g/mol. The van der Waals surface area contributed by atoms with Crippen LogP contribution in [0.25, 0.3) is 10.9 Å². The van der Waals surface area contributed by atoms with Gasteiger partial charge in [0.2, 0.25) is 0 Å². The van der Waals surface area contributed by atoms with Crippen LogP contribution in [0.2, 0.25) is 5.02 Å². The van der Waals surface area contributed by atoms with E-state index < -0.39 is 0 Å². The number of benzene rings is 3. The van der Waals surface area contributed by atoms with Crippen LogP contribution in [0.5, 0.6) is 0 Å². The first kappa shape index (κ1) is 19.2. The highest BCUT2D eigenvalue weighted by Gasteiger charge is 2.13. The van der Waals surface area contributed by atoms with Crippen molar-refractivity contribution in [1.82, 2.24) is 15.1 Å². The number of hydrogen-bond donors (Lipinski definition) is 1. The number of amides is 1. The first-order valence-electron chi connectivity index (χ1n) is 9.57. The Morgan fingerprint density at radius 2 is 1.79 bits per heavy atom. The van der Waals surface area contributed by atoms with Crippen LogP contribution in [0.4, 0.5) is 0 Å². The molecule has 0 saturated carbocycles. The van der Waals surface area contributed by atoms with Crippen molar-refractivity contribution in [2.24, 2.45) is 0 Å². The zero-order valence-corrected chi connectivity index (χ0v) is 17.1. The zero-order valence-electron chi connectivity index (χ0n) is 16.4. The van der Waals surface area contributed by atoms with Gasteiger partial charge in [0, 0.05) is 16.0 Å². The lowest BCUT2D eigenvalue weighted by molar-refractivity contribution is 0.0940. The number of carbonyl (C=O) groups is 1. The van der Waals surface area contributed by atoms with Crippen LogP contribution in [0.15, 0.2) is 72.9 Å². The van der Waals surface area contributed by atoms with Crippen molar-refractivity contribution < 1.29 is 4.79 Å². The molecule has 29 heavy (non-hydrogen) atoms. The summed E-state index contributed by atoms with van der Waals surface area (Å²) in [6, 6.07) is 21.5. The predicted octanol–water partition coefficient (Wildman–Crippen LogP) is 5.54. The lowest BCUT2D eigenvalue weighted by Gasteiger charge is -2.15. The van der Waals surface area contributed by atoms with Gasteiger partial charge in [-0.25, -0.2) is 0 Å². The number of rotatable bonds is 5. The van der Waals surface area contributed by atoms with Crippen LogP contribution in [0.1, 0.15) is 40.0 Å². The lowest BCUT2D eigenvalue weighted by atomic mass is 10.1. The Kier molecular flexibility index (Phi) is 5.36. The molecule has 0 radical (unpaired) electrons. The minimum atomic E-state index is -0.0979. The van der Waals surface area contributed by atoms with Crippen LogP contribution < -0.4 is 5.32 Å². The van der Waals surface area contributed by atoms with Crippen LogP contribution >= 0.6 is 11.6 Å². The highest BCUT2D eigenvalue weighted by molar-refractivity contribution is 6.30. The molecule has 0 bridgehead atoms. The molecular weight excluding hydrogens is 382 g/mol. The first-order chi connectivity index (χ1) is 14.0. The van der Waals surface area contributed by atoms with Gasteiger partial charge in [-0.1, -0.05) is 59.6 Å². The number of nitrogens with zero attached hydrogens (tertiary/aromatic N) is 2. The minimum Gasteiger partial charge on any atom is -0.346 e. The normalized spacial score (nSPS) is 12.1. The highest BCUT2D eigenvalue weighted by atomic mass is 35.5.